The molecule has 1 aromatic carbocycles. The lowest BCUT2D eigenvalue weighted by molar-refractivity contribution is -0.384. The number of aromatic nitrogens is 2. The number of carbonyl (C=O) groups excluding carboxylic acids is 1. The molecule has 0 atom stereocenters. The van der Waals surface area contributed by atoms with Gasteiger partial charge in [-0.1, -0.05) is 31.0 Å². The van der Waals surface area contributed by atoms with Crippen molar-refractivity contribution in [2.75, 3.05) is 5.75 Å². The van der Waals surface area contributed by atoms with Crippen LogP contribution in [0.2, 0.25) is 0 Å². The third-order valence-electron chi connectivity index (χ3n) is 6.66. The van der Waals surface area contributed by atoms with Crippen molar-refractivity contribution in [1.82, 2.24) is 9.55 Å². The summed E-state index contributed by atoms with van der Waals surface area (Å²) in [5, 5.41) is 12.3. The van der Waals surface area contributed by atoms with E-state index in [1.54, 1.807) is 11.3 Å². The fraction of sp³-hybridized carbons (Fsp3) is 0.458. The number of thiophene rings is 1. The van der Waals surface area contributed by atoms with Crippen molar-refractivity contribution < 1.29 is 9.72 Å². The van der Waals surface area contributed by atoms with Gasteiger partial charge in [0.1, 0.15) is 4.83 Å². The first kappa shape index (κ1) is 22.3. The number of nitrogens with zero attached hydrogens (tertiary/aromatic N) is 3. The molecule has 33 heavy (non-hydrogen) atoms. The summed E-state index contributed by atoms with van der Waals surface area (Å²) in [5.74, 6) is -0.00183. The molecule has 0 saturated heterocycles. The third-order valence-corrected chi connectivity index (χ3v) is 8.80. The second-order valence-electron chi connectivity index (χ2n) is 8.77. The number of fused-ring (bicyclic) bond motifs is 3. The molecule has 5 rings (SSSR count). The molecule has 0 spiro atoms. The third kappa shape index (κ3) is 4.36. The van der Waals surface area contributed by atoms with E-state index in [1.807, 2.05) is 4.57 Å². The summed E-state index contributed by atoms with van der Waals surface area (Å²) in [6.07, 6.45) is 9.54. The van der Waals surface area contributed by atoms with Crippen LogP contribution in [-0.4, -0.2) is 26.0 Å². The first-order valence-electron chi connectivity index (χ1n) is 11.5. The van der Waals surface area contributed by atoms with Gasteiger partial charge in [0.2, 0.25) is 0 Å². The van der Waals surface area contributed by atoms with Gasteiger partial charge < -0.3 is 0 Å². The number of hydrogen-bond acceptors (Lipinski definition) is 7. The highest BCUT2D eigenvalue weighted by molar-refractivity contribution is 7.99. The van der Waals surface area contributed by atoms with Crippen molar-refractivity contribution in [2.24, 2.45) is 0 Å². The Morgan fingerprint density at radius 3 is 2.58 bits per heavy atom. The molecule has 9 heteroatoms. The Morgan fingerprint density at radius 2 is 1.85 bits per heavy atom. The quantitative estimate of drug-likeness (QED) is 0.146. The summed E-state index contributed by atoms with van der Waals surface area (Å²) in [6, 6.07) is 5.78. The maximum atomic E-state index is 13.8. The minimum absolute atomic E-state index is 0.0425. The Kier molecular flexibility index (Phi) is 6.34. The fourth-order valence-corrected chi connectivity index (χ4v) is 7.21. The van der Waals surface area contributed by atoms with Crippen LogP contribution < -0.4 is 5.56 Å². The minimum Gasteiger partial charge on any atom is -0.293 e. The van der Waals surface area contributed by atoms with Crippen LogP contribution in [0.1, 0.15) is 71.8 Å². The van der Waals surface area contributed by atoms with Crippen molar-refractivity contribution in [2.45, 2.75) is 69.0 Å². The van der Waals surface area contributed by atoms with E-state index in [0.29, 0.717) is 10.7 Å². The molecule has 2 aliphatic carbocycles. The Labute approximate surface area is 199 Å². The van der Waals surface area contributed by atoms with Crippen LogP contribution in [0.15, 0.2) is 34.2 Å². The number of nitro groups is 1. The highest BCUT2D eigenvalue weighted by Crippen LogP contribution is 2.37. The van der Waals surface area contributed by atoms with Gasteiger partial charge in [-0.15, -0.1) is 11.3 Å². The summed E-state index contributed by atoms with van der Waals surface area (Å²) >= 11 is 2.94. The van der Waals surface area contributed by atoms with Crippen molar-refractivity contribution in [3.63, 3.8) is 0 Å². The van der Waals surface area contributed by atoms with Gasteiger partial charge in [0.05, 0.1) is 16.1 Å². The number of Topliss-reactive ketones (excluding diaryl/α,β-unsaturated/α-hetero) is 1. The van der Waals surface area contributed by atoms with E-state index in [1.165, 1.54) is 52.9 Å². The molecule has 1 fully saturated rings. The van der Waals surface area contributed by atoms with Crippen LogP contribution in [0.4, 0.5) is 5.69 Å². The van der Waals surface area contributed by atoms with Gasteiger partial charge in [-0.2, -0.15) is 0 Å². The summed E-state index contributed by atoms with van der Waals surface area (Å²) in [7, 11) is 0. The van der Waals surface area contributed by atoms with Crippen molar-refractivity contribution >= 4 is 44.8 Å². The van der Waals surface area contributed by atoms with Gasteiger partial charge in [0.25, 0.3) is 11.2 Å². The van der Waals surface area contributed by atoms with E-state index in [0.717, 1.165) is 61.6 Å². The number of benzene rings is 1. The van der Waals surface area contributed by atoms with Gasteiger partial charge in [-0.25, -0.2) is 4.98 Å². The van der Waals surface area contributed by atoms with Crippen LogP contribution in [0.3, 0.4) is 0 Å². The average Bonchev–Trinajstić information content (AvgIpc) is 3.22. The topological polar surface area (TPSA) is 95.1 Å². The monoisotopic (exact) mass is 483 g/mol. The summed E-state index contributed by atoms with van der Waals surface area (Å²) < 4.78 is 1.87. The zero-order chi connectivity index (χ0) is 22.9. The predicted molar refractivity (Wildman–Crippen MR) is 131 cm³/mol. The zero-order valence-electron chi connectivity index (χ0n) is 18.2. The van der Waals surface area contributed by atoms with Crippen molar-refractivity contribution in [3.8, 4) is 0 Å². The standard InChI is InChI=1S/C24H25N3O4S2/c28-19(15-10-12-17(13-11-15)27(30)31)14-32-24-25-22-21(18-8-4-5-9-20(18)33-22)23(29)26(24)16-6-2-1-3-7-16/h10-13,16H,1-9,14H2. The number of ketones is 1. The van der Waals surface area contributed by atoms with Crippen molar-refractivity contribution in [3.05, 3.63) is 60.7 Å². The molecule has 172 valence electrons. The molecule has 0 amide bonds. The van der Waals surface area contributed by atoms with Crippen LogP contribution in [0, 0.1) is 10.1 Å². The van der Waals surface area contributed by atoms with Gasteiger partial charge in [0.15, 0.2) is 10.9 Å². The fourth-order valence-electron chi connectivity index (χ4n) is 4.94. The molecule has 0 bridgehead atoms. The predicted octanol–water partition coefficient (Wildman–Crippen LogP) is 5.73. The van der Waals surface area contributed by atoms with Crippen LogP contribution in [-0.2, 0) is 12.8 Å². The molecule has 2 aromatic heterocycles. The number of thioether (sulfide) groups is 1. The SMILES string of the molecule is O=C(CSc1nc2sc3c(c2c(=O)n1C1CCCCC1)CCCC3)c1ccc([N+](=O)[O-])cc1. The van der Waals surface area contributed by atoms with Crippen LogP contribution in [0.25, 0.3) is 10.2 Å². The molecule has 7 nitrogen and oxygen atoms in total. The van der Waals surface area contributed by atoms with E-state index in [4.69, 9.17) is 4.98 Å². The van der Waals surface area contributed by atoms with Crippen LogP contribution in [0.5, 0.6) is 0 Å². The molecule has 1 saturated carbocycles. The van der Waals surface area contributed by atoms with Crippen LogP contribution >= 0.6 is 23.1 Å². The summed E-state index contributed by atoms with van der Waals surface area (Å²) in [6.45, 7) is 0. The lowest BCUT2D eigenvalue weighted by atomic mass is 9.94. The largest absolute Gasteiger partial charge is 0.293 e. The number of hydrogen-bond donors (Lipinski definition) is 0. The first-order valence-corrected chi connectivity index (χ1v) is 13.3. The average molecular weight is 484 g/mol. The maximum absolute atomic E-state index is 13.8. The van der Waals surface area contributed by atoms with E-state index >= 15 is 0 Å². The van der Waals surface area contributed by atoms with Gasteiger partial charge in [-0.05, 0) is 56.2 Å². The van der Waals surface area contributed by atoms with Gasteiger partial charge in [0, 0.05) is 28.6 Å². The highest BCUT2D eigenvalue weighted by Gasteiger charge is 2.26. The molecule has 0 N–H and O–H groups in total. The molecule has 2 heterocycles. The van der Waals surface area contributed by atoms with E-state index < -0.39 is 4.92 Å². The van der Waals surface area contributed by atoms with Crippen molar-refractivity contribution in [1.29, 1.82) is 0 Å². The molecule has 0 aliphatic heterocycles. The molecule has 0 unspecified atom stereocenters. The second-order valence-corrected chi connectivity index (χ2v) is 10.8. The lowest BCUT2D eigenvalue weighted by Gasteiger charge is -2.26. The maximum Gasteiger partial charge on any atom is 0.269 e. The molecular weight excluding hydrogens is 458 g/mol. The molecule has 3 aromatic rings. The molecule has 0 radical (unpaired) electrons. The number of aryl methyl sites for hydroxylation is 2. The Morgan fingerprint density at radius 1 is 1.12 bits per heavy atom. The number of non-ortho nitro benzene ring substituents is 1. The Balaban J connectivity index is 1.49. The molecular formula is C24H25N3O4S2. The smallest absolute Gasteiger partial charge is 0.269 e. The summed E-state index contributed by atoms with van der Waals surface area (Å²) in [5.41, 5.74) is 1.63. The minimum atomic E-state index is -0.481. The first-order chi connectivity index (χ1) is 16.0. The molecule has 2 aliphatic rings. The lowest BCUT2D eigenvalue weighted by Crippen LogP contribution is -2.29. The van der Waals surface area contributed by atoms with E-state index in [9.17, 15) is 19.7 Å². The second kappa shape index (κ2) is 9.38. The van der Waals surface area contributed by atoms with E-state index in [-0.39, 0.29) is 28.8 Å². The van der Waals surface area contributed by atoms with Gasteiger partial charge >= 0.3 is 0 Å². The normalized spacial score (nSPS) is 16.6. The number of rotatable bonds is 6. The van der Waals surface area contributed by atoms with E-state index in [2.05, 4.69) is 0 Å². The van der Waals surface area contributed by atoms with Gasteiger partial charge in [-0.3, -0.25) is 24.3 Å². The highest BCUT2D eigenvalue weighted by atomic mass is 32.2. The Hall–Kier alpha value is -2.52. The number of carbonyl (C=O) groups is 1. The number of nitro benzene ring substituents is 1. The Bertz CT molecular complexity index is 1270. The zero-order valence-corrected chi connectivity index (χ0v) is 19.9. The summed E-state index contributed by atoms with van der Waals surface area (Å²) in [4.78, 5) is 44.0.